The summed E-state index contributed by atoms with van der Waals surface area (Å²) in [7, 11) is 0. The van der Waals surface area contributed by atoms with Gasteiger partial charge in [0.1, 0.15) is 17.8 Å². The number of hydrogen-bond donors (Lipinski definition) is 2. The summed E-state index contributed by atoms with van der Waals surface area (Å²) in [6, 6.07) is 3.78. The van der Waals surface area contributed by atoms with E-state index < -0.39 is 29.9 Å². The Morgan fingerprint density at radius 2 is 2.05 bits per heavy atom. The van der Waals surface area contributed by atoms with E-state index in [-0.39, 0.29) is 17.9 Å². The molecule has 0 aromatic carbocycles. The van der Waals surface area contributed by atoms with Gasteiger partial charge in [0, 0.05) is 13.0 Å². The third kappa shape index (κ3) is 3.16. The van der Waals surface area contributed by atoms with E-state index in [0.717, 1.165) is 6.07 Å². The topological polar surface area (TPSA) is 75.6 Å². The van der Waals surface area contributed by atoms with Crippen molar-refractivity contribution in [2.24, 2.45) is 0 Å². The smallest absolute Gasteiger partial charge is 0.424 e. The zero-order valence-electron chi connectivity index (χ0n) is 11.6. The monoisotopic (exact) mass is 317 g/mol. The molecule has 2 N–H and O–H groups in total. The second kappa shape index (κ2) is 5.88. The number of alkyl halides is 3. The Bertz CT molecular complexity index is 633. The van der Waals surface area contributed by atoms with Crippen molar-refractivity contribution in [1.29, 1.82) is 0 Å². The minimum Gasteiger partial charge on any atom is -0.472 e. The summed E-state index contributed by atoms with van der Waals surface area (Å²) >= 11 is 0. The first-order valence-corrected chi connectivity index (χ1v) is 6.40. The van der Waals surface area contributed by atoms with Crippen molar-refractivity contribution in [2.45, 2.75) is 25.1 Å². The molecule has 0 fully saturated rings. The lowest BCUT2D eigenvalue weighted by Crippen LogP contribution is -2.44. The molecule has 8 heteroatoms. The quantitative estimate of drug-likeness (QED) is 0.889. The van der Waals surface area contributed by atoms with Crippen molar-refractivity contribution in [3.05, 3.63) is 47.8 Å². The molecule has 0 aliphatic carbocycles. The number of carbonyl (C=O) groups is 1. The number of carbonyl (C=O) groups excluding carboxylic acids is 1. The van der Waals surface area contributed by atoms with Crippen LogP contribution >= 0.6 is 0 Å². The zero-order chi connectivity index (χ0) is 16.4. The molecule has 5 nitrogen and oxygen atoms in total. The third-order valence-electron chi connectivity index (χ3n) is 3.17. The average molecular weight is 317 g/mol. The SMILES string of the molecule is Cc1ccc(C(O)(CCNC(=O)c2ccoc2)C(F)(F)F)o1. The van der Waals surface area contributed by atoms with Gasteiger partial charge in [-0.3, -0.25) is 4.79 Å². The van der Waals surface area contributed by atoms with Gasteiger partial charge in [0.25, 0.3) is 5.91 Å². The average Bonchev–Trinajstić information content (AvgIpc) is 3.07. The van der Waals surface area contributed by atoms with E-state index in [4.69, 9.17) is 8.83 Å². The number of rotatable bonds is 5. The van der Waals surface area contributed by atoms with Crippen molar-refractivity contribution in [1.82, 2.24) is 5.32 Å². The van der Waals surface area contributed by atoms with Gasteiger partial charge in [0.05, 0.1) is 11.8 Å². The Balaban J connectivity index is 2.07. The van der Waals surface area contributed by atoms with Crippen molar-refractivity contribution in [2.75, 3.05) is 6.54 Å². The minimum atomic E-state index is -4.93. The van der Waals surface area contributed by atoms with Gasteiger partial charge in [0.15, 0.2) is 0 Å². The van der Waals surface area contributed by atoms with E-state index in [0.29, 0.717) is 0 Å². The molecule has 0 radical (unpaired) electrons. The highest BCUT2D eigenvalue weighted by atomic mass is 19.4. The van der Waals surface area contributed by atoms with Crippen LogP contribution in [-0.2, 0) is 5.60 Å². The van der Waals surface area contributed by atoms with Crippen LogP contribution in [-0.4, -0.2) is 23.7 Å². The van der Waals surface area contributed by atoms with Crippen LogP contribution in [0.1, 0.15) is 28.3 Å². The molecular formula is C14H14F3NO4. The highest BCUT2D eigenvalue weighted by molar-refractivity contribution is 5.93. The second-order valence-corrected chi connectivity index (χ2v) is 4.79. The zero-order valence-corrected chi connectivity index (χ0v) is 11.6. The second-order valence-electron chi connectivity index (χ2n) is 4.79. The summed E-state index contributed by atoms with van der Waals surface area (Å²) in [6.07, 6.45) is -3.27. The summed E-state index contributed by atoms with van der Waals surface area (Å²) in [5, 5.41) is 12.3. The first-order chi connectivity index (χ1) is 10.2. The lowest BCUT2D eigenvalue weighted by molar-refractivity contribution is -0.274. The number of aliphatic hydroxyl groups is 1. The highest BCUT2D eigenvalue weighted by Crippen LogP contribution is 2.41. The molecule has 1 atom stereocenters. The van der Waals surface area contributed by atoms with Crippen molar-refractivity contribution < 1.29 is 31.9 Å². The van der Waals surface area contributed by atoms with Gasteiger partial charge in [-0.25, -0.2) is 0 Å². The molecule has 2 heterocycles. The Hall–Kier alpha value is -2.22. The molecule has 0 aliphatic rings. The van der Waals surface area contributed by atoms with Crippen LogP contribution in [0.4, 0.5) is 13.2 Å². The molecule has 0 saturated heterocycles. The van der Waals surface area contributed by atoms with E-state index >= 15 is 0 Å². The van der Waals surface area contributed by atoms with Gasteiger partial charge >= 0.3 is 6.18 Å². The highest BCUT2D eigenvalue weighted by Gasteiger charge is 2.56. The summed E-state index contributed by atoms with van der Waals surface area (Å²) in [6.45, 7) is 1.08. The summed E-state index contributed by atoms with van der Waals surface area (Å²) in [5.41, 5.74) is -2.98. The lowest BCUT2D eigenvalue weighted by Gasteiger charge is -2.28. The standard InChI is InChI=1S/C14H14F3NO4/c1-9-2-3-11(22-9)13(20,14(15,16)17)5-6-18-12(19)10-4-7-21-8-10/h2-4,7-8,20H,5-6H2,1H3,(H,18,19). The summed E-state index contributed by atoms with van der Waals surface area (Å²) < 4.78 is 49.1. The maximum absolute atomic E-state index is 13.2. The van der Waals surface area contributed by atoms with E-state index in [1.807, 2.05) is 0 Å². The molecule has 0 aliphatic heterocycles. The molecule has 120 valence electrons. The Morgan fingerprint density at radius 3 is 2.55 bits per heavy atom. The Labute approximate surface area is 123 Å². The molecule has 0 spiro atoms. The molecular weight excluding hydrogens is 303 g/mol. The van der Waals surface area contributed by atoms with Gasteiger partial charge in [-0.1, -0.05) is 0 Å². The van der Waals surface area contributed by atoms with E-state index in [9.17, 15) is 23.1 Å². The van der Waals surface area contributed by atoms with E-state index in [1.165, 1.54) is 31.6 Å². The first-order valence-electron chi connectivity index (χ1n) is 6.40. The predicted octanol–water partition coefficient (Wildman–Crippen LogP) is 2.75. The first kappa shape index (κ1) is 16.2. The Kier molecular flexibility index (Phi) is 4.32. The van der Waals surface area contributed by atoms with Crippen LogP contribution in [0.15, 0.2) is 39.6 Å². The van der Waals surface area contributed by atoms with Crippen LogP contribution < -0.4 is 5.32 Å². The lowest BCUT2D eigenvalue weighted by atomic mass is 9.95. The molecule has 2 rings (SSSR count). The maximum atomic E-state index is 13.2. The number of furan rings is 2. The molecule has 2 aromatic rings. The summed E-state index contributed by atoms with van der Waals surface area (Å²) in [4.78, 5) is 11.6. The van der Waals surface area contributed by atoms with Crippen LogP contribution in [0.2, 0.25) is 0 Å². The van der Waals surface area contributed by atoms with Gasteiger partial charge in [-0.2, -0.15) is 13.2 Å². The predicted molar refractivity (Wildman–Crippen MR) is 69.1 cm³/mol. The van der Waals surface area contributed by atoms with E-state index in [2.05, 4.69) is 5.32 Å². The fraction of sp³-hybridized carbons (Fsp3) is 0.357. The molecule has 1 amide bonds. The number of aryl methyl sites for hydroxylation is 1. The maximum Gasteiger partial charge on any atom is 0.424 e. The van der Waals surface area contributed by atoms with Crippen molar-refractivity contribution in [3.63, 3.8) is 0 Å². The Morgan fingerprint density at radius 1 is 1.32 bits per heavy atom. The fourth-order valence-electron chi connectivity index (χ4n) is 1.91. The van der Waals surface area contributed by atoms with Gasteiger partial charge < -0.3 is 19.3 Å². The minimum absolute atomic E-state index is 0.185. The number of nitrogens with one attached hydrogen (secondary N) is 1. The van der Waals surface area contributed by atoms with E-state index in [1.54, 1.807) is 0 Å². The summed E-state index contributed by atoms with van der Waals surface area (Å²) in [5.74, 6) is -0.941. The van der Waals surface area contributed by atoms with Gasteiger partial charge in [0.2, 0.25) is 5.60 Å². The number of halogens is 3. The molecule has 2 aromatic heterocycles. The largest absolute Gasteiger partial charge is 0.472 e. The van der Waals surface area contributed by atoms with Crippen LogP contribution in [0.3, 0.4) is 0 Å². The van der Waals surface area contributed by atoms with Crippen LogP contribution in [0.25, 0.3) is 0 Å². The normalized spacial score (nSPS) is 14.6. The van der Waals surface area contributed by atoms with Crippen LogP contribution in [0, 0.1) is 6.92 Å². The molecule has 0 saturated carbocycles. The molecule has 22 heavy (non-hydrogen) atoms. The van der Waals surface area contributed by atoms with Gasteiger partial charge in [-0.15, -0.1) is 0 Å². The van der Waals surface area contributed by atoms with Crippen molar-refractivity contribution >= 4 is 5.91 Å². The van der Waals surface area contributed by atoms with Crippen molar-refractivity contribution in [3.8, 4) is 0 Å². The van der Waals surface area contributed by atoms with Gasteiger partial charge in [-0.05, 0) is 25.1 Å². The number of amides is 1. The fourth-order valence-corrected chi connectivity index (χ4v) is 1.91. The molecule has 0 bridgehead atoms. The number of hydrogen-bond acceptors (Lipinski definition) is 4. The molecule has 1 unspecified atom stereocenters. The third-order valence-corrected chi connectivity index (χ3v) is 3.17. The van der Waals surface area contributed by atoms with Crippen LogP contribution in [0.5, 0.6) is 0 Å².